The van der Waals surface area contributed by atoms with Crippen LogP contribution >= 0.6 is 11.3 Å². The molecule has 19 heavy (non-hydrogen) atoms. The topological polar surface area (TPSA) is 53.1 Å². The first-order valence-corrected chi connectivity index (χ1v) is 7.24. The second kappa shape index (κ2) is 4.94. The minimum absolute atomic E-state index is 0.567. The lowest BCUT2D eigenvalue weighted by atomic mass is 10.1. The smallest absolute Gasteiger partial charge is 0.101 e. The monoisotopic (exact) mass is 269 g/mol. The molecule has 1 aromatic heterocycles. The summed E-state index contributed by atoms with van der Waals surface area (Å²) in [5, 5.41) is 11.4. The van der Waals surface area contributed by atoms with Crippen molar-refractivity contribution in [3.63, 3.8) is 0 Å². The largest absolute Gasteiger partial charge is 0.399 e. The number of anilines is 2. The Morgan fingerprint density at radius 1 is 1.37 bits per heavy atom. The first kappa shape index (κ1) is 12.1. The fourth-order valence-electron chi connectivity index (χ4n) is 2.26. The van der Waals surface area contributed by atoms with Gasteiger partial charge in [0, 0.05) is 16.6 Å². The molecule has 0 bridgehead atoms. The van der Waals surface area contributed by atoms with Crippen molar-refractivity contribution in [3.8, 4) is 6.07 Å². The third-order valence-corrected chi connectivity index (χ3v) is 4.21. The molecule has 3 rings (SSSR count). The molecular formula is C15H15N3S. The van der Waals surface area contributed by atoms with Crippen LogP contribution in [0, 0.1) is 11.3 Å². The van der Waals surface area contributed by atoms with Gasteiger partial charge in [0.2, 0.25) is 0 Å². The molecule has 0 amide bonds. The minimum atomic E-state index is 0.567. The first-order chi connectivity index (χ1) is 9.28. The zero-order chi connectivity index (χ0) is 13.2. The van der Waals surface area contributed by atoms with Gasteiger partial charge in [-0.25, -0.2) is 0 Å². The highest BCUT2D eigenvalue weighted by atomic mass is 32.1. The molecule has 1 fully saturated rings. The van der Waals surface area contributed by atoms with E-state index in [1.54, 1.807) is 17.4 Å². The summed E-state index contributed by atoms with van der Waals surface area (Å²) in [6.45, 7) is 0.876. The second-order valence-electron chi connectivity index (χ2n) is 4.83. The Morgan fingerprint density at radius 3 is 2.84 bits per heavy atom. The second-order valence-corrected chi connectivity index (χ2v) is 5.86. The molecule has 96 valence electrons. The minimum Gasteiger partial charge on any atom is -0.399 e. The molecule has 0 aliphatic heterocycles. The average molecular weight is 269 g/mol. The van der Waals surface area contributed by atoms with Crippen LogP contribution in [0.5, 0.6) is 0 Å². The highest BCUT2D eigenvalue weighted by Crippen LogP contribution is 2.35. The van der Waals surface area contributed by atoms with Gasteiger partial charge in [0.05, 0.1) is 17.8 Å². The predicted molar refractivity (Wildman–Crippen MR) is 79.1 cm³/mol. The van der Waals surface area contributed by atoms with Gasteiger partial charge in [-0.05, 0) is 42.5 Å². The van der Waals surface area contributed by atoms with Crippen molar-refractivity contribution >= 4 is 22.7 Å². The number of benzene rings is 1. The van der Waals surface area contributed by atoms with Crippen LogP contribution in [-0.2, 0) is 6.54 Å². The maximum atomic E-state index is 9.29. The fourth-order valence-corrected chi connectivity index (χ4v) is 2.96. The van der Waals surface area contributed by atoms with Gasteiger partial charge >= 0.3 is 0 Å². The van der Waals surface area contributed by atoms with Gasteiger partial charge in [0.15, 0.2) is 0 Å². The highest BCUT2D eigenvalue weighted by Gasteiger charge is 2.30. The van der Waals surface area contributed by atoms with E-state index >= 15 is 0 Å². The van der Waals surface area contributed by atoms with E-state index in [9.17, 15) is 5.26 Å². The molecule has 2 aromatic rings. The van der Waals surface area contributed by atoms with E-state index in [2.05, 4.69) is 28.5 Å². The van der Waals surface area contributed by atoms with Crippen molar-refractivity contribution in [2.75, 3.05) is 10.6 Å². The summed E-state index contributed by atoms with van der Waals surface area (Å²) in [7, 11) is 0. The molecule has 1 heterocycles. The molecule has 2 N–H and O–H groups in total. The van der Waals surface area contributed by atoms with Crippen LogP contribution in [-0.4, -0.2) is 6.04 Å². The van der Waals surface area contributed by atoms with E-state index in [1.807, 2.05) is 12.1 Å². The number of hydrogen-bond acceptors (Lipinski definition) is 4. The van der Waals surface area contributed by atoms with E-state index in [0.29, 0.717) is 17.3 Å². The summed E-state index contributed by atoms with van der Waals surface area (Å²) in [5.41, 5.74) is 8.09. The summed E-state index contributed by atoms with van der Waals surface area (Å²) < 4.78 is 0. The first-order valence-electron chi connectivity index (χ1n) is 6.36. The zero-order valence-corrected chi connectivity index (χ0v) is 11.4. The lowest BCUT2D eigenvalue weighted by Crippen LogP contribution is -2.25. The molecule has 1 aliphatic carbocycles. The Morgan fingerprint density at radius 2 is 2.21 bits per heavy atom. The van der Waals surface area contributed by atoms with E-state index in [4.69, 9.17) is 5.73 Å². The molecule has 1 saturated carbocycles. The third kappa shape index (κ3) is 2.56. The lowest BCUT2D eigenvalue weighted by molar-refractivity contribution is 0.802. The predicted octanol–water partition coefficient (Wildman–Crippen LogP) is 3.37. The van der Waals surface area contributed by atoms with E-state index in [0.717, 1.165) is 12.2 Å². The molecular weight excluding hydrogens is 254 g/mol. The maximum Gasteiger partial charge on any atom is 0.101 e. The molecule has 0 spiro atoms. The van der Waals surface area contributed by atoms with Crippen LogP contribution in [0.25, 0.3) is 0 Å². The van der Waals surface area contributed by atoms with Crippen molar-refractivity contribution in [2.45, 2.75) is 25.4 Å². The molecule has 0 saturated heterocycles. The van der Waals surface area contributed by atoms with E-state index in [-0.39, 0.29) is 0 Å². The van der Waals surface area contributed by atoms with Crippen molar-refractivity contribution < 1.29 is 0 Å². The van der Waals surface area contributed by atoms with Crippen molar-refractivity contribution in [1.29, 1.82) is 5.26 Å². The van der Waals surface area contributed by atoms with Gasteiger partial charge in [-0.3, -0.25) is 0 Å². The zero-order valence-electron chi connectivity index (χ0n) is 10.5. The van der Waals surface area contributed by atoms with E-state index in [1.165, 1.54) is 17.7 Å². The lowest BCUT2D eigenvalue weighted by Gasteiger charge is -2.25. The molecule has 4 heteroatoms. The number of rotatable bonds is 4. The summed E-state index contributed by atoms with van der Waals surface area (Å²) in [4.78, 5) is 3.66. The Kier molecular flexibility index (Phi) is 3.14. The molecule has 3 nitrogen and oxygen atoms in total. The number of hydrogen-bond donors (Lipinski definition) is 1. The third-order valence-electron chi connectivity index (χ3n) is 3.34. The Labute approximate surface area is 116 Å². The van der Waals surface area contributed by atoms with E-state index < -0.39 is 0 Å². The van der Waals surface area contributed by atoms with Crippen molar-refractivity contribution in [2.24, 2.45) is 0 Å². The SMILES string of the molecule is N#Cc1cc(N)ccc1N(Cc1cccs1)C1CC1. The van der Waals surface area contributed by atoms with Crippen LogP contribution in [0.15, 0.2) is 35.7 Å². The van der Waals surface area contributed by atoms with Crippen molar-refractivity contribution in [3.05, 3.63) is 46.2 Å². The van der Waals surface area contributed by atoms with Crippen LogP contribution in [0.2, 0.25) is 0 Å². The molecule has 1 aromatic carbocycles. The molecule has 1 aliphatic rings. The normalized spacial score (nSPS) is 14.1. The highest BCUT2D eigenvalue weighted by molar-refractivity contribution is 7.09. The molecule has 0 radical (unpaired) electrons. The Balaban J connectivity index is 1.94. The fraction of sp³-hybridized carbons (Fsp3) is 0.267. The van der Waals surface area contributed by atoms with Crippen LogP contribution < -0.4 is 10.6 Å². The number of nitrogens with zero attached hydrogens (tertiary/aromatic N) is 2. The quantitative estimate of drug-likeness (QED) is 0.866. The Bertz CT molecular complexity index is 609. The maximum absolute atomic E-state index is 9.29. The van der Waals surface area contributed by atoms with Gasteiger partial charge in [-0.2, -0.15) is 5.26 Å². The number of nitriles is 1. The van der Waals surface area contributed by atoms with Gasteiger partial charge in [-0.15, -0.1) is 11.3 Å². The standard InChI is InChI=1S/C15H15N3S/c16-9-11-8-12(17)3-6-15(11)18(13-4-5-13)10-14-2-1-7-19-14/h1-3,6-8,13H,4-5,10,17H2. The number of nitrogen functional groups attached to an aromatic ring is 1. The molecule has 0 unspecified atom stereocenters. The van der Waals surface area contributed by atoms with Crippen LogP contribution in [0.4, 0.5) is 11.4 Å². The van der Waals surface area contributed by atoms with Gasteiger partial charge in [0.25, 0.3) is 0 Å². The van der Waals surface area contributed by atoms with Crippen molar-refractivity contribution in [1.82, 2.24) is 0 Å². The summed E-state index contributed by atoms with van der Waals surface area (Å²) in [5.74, 6) is 0. The molecule has 0 atom stereocenters. The average Bonchev–Trinajstić information content (AvgIpc) is 3.13. The Hall–Kier alpha value is -1.99. The van der Waals surface area contributed by atoms with Gasteiger partial charge in [0.1, 0.15) is 6.07 Å². The summed E-state index contributed by atoms with van der Waals surface area (Å²) in [6, 6.07) is 12.6. The number of nitrogens with two attached hydrogens (primary N) is 1. The summed E-state index contributed by atoms with van der Waals surface area (Å²) >= 11 is 1.76. The van der Waals surface area contributed by atoms with Crippen LogP contribution in [0.3, 0.4) is 0 Å². The van der Waals surface area contributed by atoms with Gasteiger partial charge < -0.3 is 10.6 Å². The van der Waals surface area contributed by atoms with Gasteiger partial charge in [-0.1, -0.05) is 6.07 Å². The number of thiophene rings is 1. The summed E-state index contributed by atoms with van der Waals surface area (Å²) in [6.07, 6.45) is 2.42. The van der Waals surface area contributed by atoms with Crippen LogP contribution in [0.1, 0.15) is 23.3 Å².